The van der Waals surface area contributed by atoms with Crippen molar-refractivity contribution in [1.29, 1.82) is 0 Å². The second-order valence-electron chi connectivity index (χ2n) is 6.83. The van der Waals surface area contributed by atoms with Crippen molar-refractivity contribution in [2.24, 2.45) is 0 Å². The smallest absolute Gasteiger partial charge is 0.255 e. The van der Waals surface area contributed by atoms with E-state index in [1.54, 1.807) is 26.5 Å². The van der Waals surface area contributed by atoms with E-state index in [1.807, 2.05) is 32.0 Å². The van der Waals surface area contributed by atoms with E-state index in [2.05, 4.69) is 15.2 Å². The van der Waals surface area contributed by atoms with Crippen molar-refractivity contribution in [2.45, 2.75) is 32.7 Å². The number of anilines is 1. The number of pyridine rings is 1. The topological polar surface area (TPSA) is 63.7 Å². The fraction of sp³-hybridized carbons (Fsp3) is 0.429. The zero-order chi connectivity index (χ0) is 19.4. The van der Waals surface area contributed by atoms with E-state index in [1.165, 1.54) is 0 Å². The number of carbonyl (C=O) groups excluding carboxylic acids is 1. The number of aryl methyl sites for hydroxylation is 1. The van der Waals surface area contributed by atoms with E-state index in [4.69, 9.17) is 9.47 Å². The molecule has 1 fully saturated rings. The molecule has 1 N–H and O–H groups in total. The molecule has 0 aliphatic carbocycles. The molecule has 2 heterocycles. The highest BCUT2D eigenvalue weighted by molar-refractivity contribution is 5.99. The molecule has 1 aromatic carbocycles. The molecule has 6 nitrogen and oxygen atoms in total. The number of benzene rings is 1. The number of hydrogen-bond donors (Lipinski definition) is 1. The Morgan fingerprint density at radius 1 is 1.19 bits per heavy atom. The predicted octanol–water partition coefficient (Wildman–Crippen LogP) is 3.50. The summed E-state index contributed by atoms with van der Waals surface area (Å²) >= 11 is 0. The summed E-state index contributed by atoms with van der Waals surface area (Å²) < 4.78 is 10.8. The maximum atomic E-state index is 13.0. The van der Waals surface area contributed by atoms with Crippen LogP contribution in [0.3, 0.4) is 0 Å². The van der Waals surface area contributed by atoms with Crippen LogP contribution in [-0.2, 0) is 0 Å². The van der Waals surface area contributed by atoms with E-state index >= 15 is 0 Å². The van der Waals surface area contributed by atoms with Crippen molar-refractivity contribution in [3.63, 3.8) is 0 Å². The van der Waals surface area contributed by atoms with Crippen molar-refractivity contribution in [3.05, 3.63) is 47.2 Å². The number of carbonyl (C=O) groups is 1. The van der Waals surface area contributed by atoms with Gasteiger partial charge in [0.15, 0.2) is 11.5 Å². The van der Waals surface area contributed by atoms with Gasteiger partial charge in [-0.3, -0.25) is 4.79 Å². The van der Waals surface area contributed by atoms with E-state index in [9.17, 15) is 4.79 Å². The van der Waals surface area contributed by atoms with Gasteiger partial charge in [0.05, 0.1) is 25.8 Å². The van der Waals surface area contributed by atoms with Crippen LogP contribution in [0.2, 0.25) is 0 Å². The highest BCUT2D eigenvalue weighted by Gasteiger charge is 2.22. The number of hydrogen-bond acceptors (Lipinski definition) is 5. The number of nitrogens with zero attached hydrogens (tertiary/aromatic N) is 2. The monoisotopic (exact) mass is 369 g/mol. The lowest BCUT2D eigenvalue weighted by molar-refractivity contribution is 0.0940. The molecule has 6 heteroatoms. The lowest BCUT2D eigenvalue weighted by atomic mass is 10.0. The van der Waals surface area contributed by atoms with Crippen LogP contribution in [-0.4, -0.2) is 38.2 Å². The first-order chi connectivity index (χ1) is 13.0. The number of ether oxygens (including phenoxy) is 2. The Morgan fingerprint density at radius 3 is 2.52 bits per heavy atom. The molecular formula is C21H27N3O3. The third kappa shape index (κ3) is 3.99. The van der Waals surface area contributed by atoms with Gasteiger partial charge in [-0.05, 0) is 62.1 Å². The summed E-state index contributed by atoms with van der Waals surface area (Å²) in [6.45, 7) is 5.86. The minimum Gasteiger partial charge on any atom is -0.493 e. The summed E-state index contributed by atoms with van der Waals surface area (Å²) in [6.07, 6.45) is 4.02. The minimum absolute atomic E-state index is 0.119. The summed E-state index contributed by atoms with van der Waals surface area (Å²) in [5, 5.41) is 3.10. The lowest BCUT2D eigenvalue weighted by Gasteiger charge is -2.22. The van der Waals surface area contributed by atoms with Gasteiger partial charge in [-0.2, -0.15) is 0 Å². The summed E-state index contributed by atoms with van der Waals surface area (Å²) in [4.78, 5) is 19.6. The Morgan fingerprint density at radius 2 is 1.85 bits per heavy atom. The van der Waals surface area contributed by atoms with Crippen molar-refractivity contribution in [3.8, 4) is 11.5 Å². The Kier molecular flexibility index (Phi) is 5.84. The largest absolute Gasteiger partial charge is 0.493 e. The minimum atomic E-state index is -0.177. The van der Waals surface area contributed by atoms with E-state index in [0.29, 0.717) is 17.1 Å². The van der Waals surface area contributed by atoms with Gasteiger partial charge < -0.3 is 19.7 Å². The summed E-state index contributed by atoms with van der Waals surface area (Å²) in [5.74, 6) is 1.98. The van der Waals surface area contributed by atoms with Gasteiger partial charge in [0.1, 0.15) is 5.82 Å². The average molecular weight is 369 g/mol. The molecule has 0 spiro atoms. The number of rotatable bonds is 6. The Balaban J connectivity index is 1.83. The maximum Gasteiger partial charge on any atom is 0.255 e. The molecule has 1 atom stereocenters. The van der Waals surface area contributed by atoms with Gasteiger partial charge in [-0.1, -0.05) is 0 Å². The third-order valence-corrected chi connectivity index (χ3v) is 5.02. The highest BCUT2D eigenvalue weighted by atomic mass is 16.5. The van der Waals surface area contributed by atoms with Crippen LogP contribution in [0.4, 0.5) is 5.82 Å². The molecule has 1 amide bonds. The van der Waals surface area contributed by atoms with E-state index in [0.717, 1.165) is 42.9 Å². The average Bonchev–Trinajstić information content (AvgIpc) is 3.22. The van der Waals surface area contributed by atoms with Crippen LogP contribution < -0.4 is 19.7 Å². The molecule has 0 unspecified atom stereocenters. The highest BCUT2D eigenvalue weighted by Crippen LogP contribution is 2.33. The molecule has 1 aliphatic heterocycles. The molecule has 3 rings (SSSR count). The first-order valence-corrected chi connectivity index (χ1v) is 9.28. The van der Waals surface area contributed by atoms with Crippen molar-refractivity contribution < 1.29 is 14.3 Å². The summed E-state index contributed by atoms with van der Waals surface area (Å²) in [6, 6.07) is 7.31. The van der Waals surface area contributed by atoms with Gasteiger partial charge in [0, 0.05) is 19.3 Å². The molecule has 0 bridgehead atoms. The molecular weight excluding hydrogens is 342 g/mol. The zero-order valence-corrected chi connectivity index (χ0v) is 16.4. The number of nitrogens with one attached hydrogen (secondary N) is 1. The number of methoxy groups -OCH3 is 2. The van der Waals surface area contributed by atoms with Crippen LogP contribution in [0.5, 0.6) is 11.5 Å². The molecule has 2 aromatic rings. The number of amides is 1. The fourth-order valence-corrected chi connectivity index (χ4v) is 3.57. The maximum absolute atomic E-state index is 13.0. The second kappa shape index (κ2) is 8.29. The Bertz CT molecular complexity index is 816. The van der Waals surface area contributed by atoms with Gasteiger partial charge in [0.2, 0.25) is 0 Å². The van der Waals surface area contributed by atoms with E-state index < -0.39 is 0 Å². The van der Waals surface area contributed by atoms with Crippen LogP contribution in [0, 0.1) is 6.92 Å². The zero-order valence-electron chi connectivity index (χ0n) is 16.4. The van der Waals surface area contributed by atoms with Crippen molar-refractivity contribution in [1.82, 2.24) is 10.3 Å². The van der Waals surface area contributed by atoms with Crippen LogP contribution >= 0.6 is 0 Å². The lowest BCUT2D eigenvalue weighted by Crippen LogP contribution is -2.30. The Labute approximate surface area is 160 Å². The molecule has 144 valence electrons. The molecule has 0 radical (unpaired) electrons. The molecule has 1 saturated heterocycles. The molecule has 1 aromatic heterocycles. The molecule has 27 heavy (non-hydrogen) atoms. The van der Waals surface area contributed by atoms with E-state index in [-0.39, 0.29) is 11.9 Å². The van der Waals surface area contributed by atoms with Gasteiger partial charge >= 0.3 is 0 Å². The predicted molar refractivity (Wildman–Crippen MR) is 106 cm³/mol. The van der Waals surface area contributed by atoms with Crippen molar-refractivity contribution in [2.75, 3.05) is 32.2 Å². The first kappa shape index (κ1) is 19.0. The van der Waals surface area contributed by atoms with Crippen molar-refractivity contribution >= 4 is 11.7 Å². The fourth-order valence-electron chi connectivity index (χ4n) is 3.57. The van der Waals surface area contributed by atoms with Crippen LogP contribution in [0.15, 0.2) is 30.5 Å². The normalized spacial score (nSPS) is 14.7. The van der Waals surface area contributed by atoms with Gasteiger partial charge in [-0.15, -0.1) is 0 Å². The SMILES string of the molecule is COc1cc(C)c([C@H](C)NC(=O)c2cccnc2N2CCCC2)cc1OC. The van der Waals surface area contributed by atoms with Crippen LogP contribution in [0.1, 0.15) is 47.3 Å². The molecule has 1 aliphatic rings. The summed E-state index contributed by atoms with van der Waals surface area (Å²) in [5.41, 5.74) is 2.64. The first-order valence-electron chi connectivity index (χ1n) is 9.28. The van der Waals surface area contributed by atoms with Gasteiger partial charge in [-0.25, -0.2) is 4.98 Å². The third-order valence-electron chi connectivity index (χ3n) is 5.02. The quantitative estimate of drug-likeness (QED) is 0.844. The van der Waals surface area contributed by atoms with Crippen LogP contribution in [0.25, 0.3) is 0 Å². The standard InChI is InChI=1S/C21H27N3O3/c1-14-12-18(26-3)19(27-4)13-17(14)15(2)23-21(25)16-8-7-9-22-20(16)24-10-5-6-11-24/h7-9,12-13,15H,5-6,10-11H2,1-4H3,(H,23,25)/t15-/m0/s1. The Hall–Kier alpha value is -2.76. The van der Waals surface area contributed by atoms with Gasteiger partial charge in [0.25, 0.3) is 5.91 Å². The summed E-state index contributed by atoms with van der Waals surface area (Å²) in [7, 11) is 3.22. The molecule has 0 saturated carbocycles. The number of aromatic nitrogens is 1. The second-order valence-corrected chi connectivity index (χ2v) is 6.83.